The molecule has 2 rings (SSSR count). The maximum atomic E-state index is 4.35. The fourth-order valence-corrected chi connectivity index (χ4v) is 1.93. The lowest BCUT2D eigenvalue weighted by molar-refractivity contribution is 0.571. The molecular weight excluding hydrogens is 212 g/mol. The molecule has 0 fully saturated rings. The smallest absolute Gasteiger partial charge is 0.0641 e. The van der Waals surface area contributed by atoms with Gasteiger partial charge in [0.05, 0.1) is 5.69 Å². The molecule has 0 saturated carbocycles. The standard InChI is InChI=1S/C13H18N4/c1-10(13-9-17(3)16-11(13)2)15-8-12-5-4-6-14-7-12/h4-7,9-10,15H,8H2,1-3H3. The van der Waals surface area contributed by atoms with Crippen LogP contribution in [0.5, 0.6) is 0 Å². The van der Waals surface area contributed by atoms with Gasteiger partial charge in [-0.3, -0.25) is 9.67 Å². The molecule has 1 atom stereocenters. The highest BCUT2D eigenvalue weighted by Gasteiger charge is 2.10. The van der Waals surface area contributed by atoms with Crippen LogP contribution in [0.25, 0.3) is 0 Å². The van der Waals surface area contributed by atoms with Crippen LogP contribution in [0.3, 0.4) is 0 Å². The summed E-state index contributed by atoms with van der Waals surface area (Å²) in [7, 11) is 1.95. The van der Waals surface area contributed by atoms with Gasteiger partial charge >= 0.3 is 0 Å². The SMILES string of the molecule is Cc1nn(C)cc1C(C)NCc1cccnc1. The average Bonchev–Trinajstić information content (AvgIpc) is 2.67. The second-order valence-electron chi connectivity index (χ2n) is 4.31. The first kappa shape index (κ1) is 11.8. The van der Waals surface area contributed by atoms with Gasteiger partial charge in [-0.25, -0.2) is 0 Å². The lowest BCUT2D eigenvalue weighted by atomic mass is 10.1. The molecule has 2 heterocycles. The van der Waals surface area contributed by atoms with E-state index in [1.54, 1.807) is 6.20 Å². The Balaban J connectivity index is 1.98. The molecule has 4 nitrogen and oxygen atoms in total. The van der Waals surface area contributed by atoms with Crippen LogP contribution < -0.4 is 5.32 Å². The van der Waals surface area contributed by atoms with Crippen LogP contribution in [0.4, 0.5) is 0 Å². The highest BCUT2D eigenvalue weighted by atomic mass is 15.3. The Hall–Kier alpha value is -1.68. The number of aryl methyl sites for hydroxylation is 2. The number of nitrogens with one attached hydrogen (secondary N) is 1. The fraction of sp³-hybridized carbons (Fsp3) is 0.385. The van der Waals surface area contributed by atoms with Gasteiger partial charge in [-0.1, -0.05) is 6.07 Å². The predicted molar refractivity (Wildman–Crippen MR) is 67.4 cm³/mol. The van der Waals surface area contributed by atoms with Crippen molar-refractivity contribution in [1.29, 1.82) is 0 Å². The third-order valence-corrected chi connectivity index (χ3v) is 2.85. The average molecular weight is 230 g/mol. The summed E-state index contributed by atoms with van der Waals surface area (Å²) in [5, 5.41) is 7.83. The summed E-state index contributed by atoms with van der Waals surface area (Å²) >= 11 is 0. The van der Waals surface area contributed by atoms with Crippen molar-refractivity contribution in [3.63, 3.8) is 0 Å². The Morgan fingerprint density at radius 3 is 2.88 bits per heavy atom. The van der Waals surface area contributed by atoms with E-state index < -0.39 is 0 Å². The molecule has 0 aliphatic heterocycles. The van der Waals surface area contributed by atoms with Gasteiger partial charge in [0, 0.05) is 43.8 Å². The number of nitrogens with zero attached hydrogens (tertiary/aromatic N) is 3. The van der Waals surface area contributed by atoms with E-state index in [9.17, 15) is 0 Å². The normalized spacial score (nSPS) is 12.6. The van der Waals surface area contributed by atoms with Crippen molar-refractivity contribution in [2.24, 2.45) is 7.05 Å². The van der Waals surface area contributed by atoms with Gasteiger partial charge in [0.1, 0.15) is 0 Å². The Labute approximate surface area is 102 Å². The number of rotatable bonds is 4. The van der Waals surface area contributed by atoms with Crippen molar-refractivity contribution >= 4 is 0 Å². The van der Waals surface area contributed by atoms with Crippen molar-refractivity contribution < 1.29 is 0 Å². The van der Waals surface area contributed by atoms with Crippen molar-refractivity contribution in [1.82, 2.24) is 20.1 Å². The molecule has 2 aromatic rings. The van der Waals surface area contributed by atoms with Crippen LogP contribution in [0.1, 0.15) is 29.8 Å². The summed E-state index contributed by atoms with van der Waals surface area (Å²) in [6, 6.07) is 4.32. The van der Waals surface area contributed by atoms with Gasteiger partial charge in [0.25, 0.3) is 0 Å². The minimum Gasteiger partial charge on any atom is -0.306 e. The van der Waals surface area contributed by atoms with Crippen molar-refractivity contribution in [2.75, 3.05) is 0 Å². The predicted octanol–water partition coefficient (Wildman–Crippen LogP) is 1.97. The van der Waals surface area contributed by atoms with Gasteiger partial charge in [-0.15, -0.1) is 0 Å². The zero-order chi connectivity index (χ0) is 12.3. The number of hydrogen-bond donors (Lipinski definition) is 1. The summed E-state index contributed by atoms with van der Waals surface area (Å²) in [6.45, 7) is 5.02. The van der Waals surface area contributed by atoms with Crippen LogP contribution in [0, 0.1) is 6.92 Å². The van der Waals surface area contributed by atoms with Gasteiger partial charge in [0.15, 0.2) is 0 Å². The van der Waals surface area contributed by atoms with Crippen LogP contribution in [-0.4, -0.2) is 14.8 Å². The quantitative estimate of drug-likeness (QED) is 0.873. The molecule has 0 aliphatic carbocycles. The topological polar surface area (TPSA) is 42.7 Å². The highest BCUT2D eigenvalue weighted by molar-refractivity contribution is 5.19. The summed E-state index contributed by atoms with van der Waals surface area (Å²) in [6.07, 6.45) is 5.74. The maximum absolute atomic E-state index is 4.35. The van der Waals surface area contributed by atoms with E-state index in [1.807, 2.05) is 30.9 Å². The molecule has 1 unspecified atom stereocenters. The van der Waals surface area contributed by atoms with Crippen LogP contribution in [0.15, 0.2) is 30.7 Å². The van der Waals surface area contributed by atoms with Crippen molar-refractivity contribution in [3.8, 4) is 0 Å². The van der Waals surface area contributed by atoms with Crippen LogP contribution in [-0.2, 0) is 13.6 Å². The maximum Gasteiger partial charge on any atom is 0.0641 e. The van der Waals surface area contributed by atoms with E-state index in [4.69, 9.17) is 0 Å². The Bertz CT molecular complexity index is 475. The summed E-state index contributed by atoms with van der Waals surface area (Å²) in [4.78, 5) is 4.10. The molecular formula is C13H18N4. The minimum absolute atomic E-state index is 0.295. The zero-order valence-electron chi connectivity index (χ0n) is 10.5. The van der Waals surface area contributed by atoms with E-state index >= 15 is 0 Å². The number of aromatic nitrogens is 3. The third-order valence-electron chi connectivity index (χ3n) is 2.85. The first-order chi connectivity index (χ1) is 8.16. The van der Waals surface area contributed by atoms with E-state index in [2.05, 4.69) is 34.6 Å². The van der Waals surface area contributed by atoms with Crippen molar-refractivity contribution in [2.45, 2.75) is 26.4 Å². The summed E-state index contributed by atoms with van der Waals surface area (Å²) < 4.78 is 1.85. The Kier molecular flexibility index (Phi) is 3.54. The molecule has 0 spiro atoms. The second-order valence-corrected chi connectivity index (χ2v) is 4.31. The third kappa shape index (κ3) is 2.91. The molecule has 4 heteroatoms. The van der Waals surface area contributed by atoms with Crippen LogP contribution >= 0.6 is 0 Å². The van der Waals surface area contributed by atoms with Gasteiger partial charge < -0.3 is 5.32 Å². The summed E-state index contributed by atoms with van der Waals surface area (Å²) in [5.74, 6) is 0. The molecule has 0 saturated heterocycles. The molecule has 0 amide bonds. The first-order valence-electron chi connectivity index (χ1n) is 5.79. The molecule has 90 valence electrons. The summed E-state index contributed by atoms with van der Waals surface area (Å²) in [5.41, 5.74) is 3.52. The van der Waals surface area contributed by atoms with E-state index in [0.29, 0.717) is 6.04 Å². The molecule has 2 aromatic heterocycles. The Morgan fingerprint density at radius 2 is 2.29 bits per heavy atom. The van der Waals surface area contributed by atoms with Crippen molar-refractivity contribution in [3.05, 3.63) is 47.5 Å². The van der Waals surface area contributed by atoms with Crippen LogP contribution in [0.2, 0.25) is 0 Å². The van der Waals surface area contributed by atoms with Gasteiger partial charge in [-0.2, -0.15) is 5.10 Å². The van der Waals surface area contributed by atoms with E-state index in [-0.39, 0.29) is 0 Å². The number of pyridine rings is 1. The number of hydrogen-bond acceptors (Lipinski definition) is 3. The minimum atomic E-state index is 0.295. The lowest BCUT2D eigenvalue weighted by Crippen LogP contribution is -2.18. The van der Waals surface area contributed by atoms with Gasteiger partial charge in [0.2, 0.25) is 0 Å². The molecule has 17 heavy (non-hydrogen) atoms. The van der Waals surface area contributed by atoms with E-state index in [0.717, 1.165) is 12.2 Å². The monoisotopic (exact) mass is 230 g/mol. The van der Waals surface area contributed by atoms with Gasteiger partial charge in [-0.05, 0) is 25.5 Å². The molecule has 0 radical (unpaired) electrons. The first-order valence-corrected chi connectivity index (χ1v) is 5.79. The lowest BCUT2D eigenvalue weighted by Gasteiger charge is -2.12. The fourth-order valence-electron chi connectivity index (χ4n) is 1.93. The Morgan fingerprint density at radius 1 is 1.47 bits per heavy atom. The molecule has 0 aliphatic rings. The zero-order valence-corrected chi connectivity index (χ0v) is 10.5. The largest absolute Gasteiger partial charge is 0.306 e. The molecule has 0 bridgehead atoms. The second kappa shape index (κ2) is 5.10. The molecule has 0 aromatic carbocycles. The molecule has 1 N–H and O–H groups in total. The van der Waals surface area contributed by atoms with E-state index in [1.165, 1.54) is 11.1 Å². The highest BCUT2D eigenvalue weighted by Crippen LogP contribution is 2.15.